The van der Waals surface area contributed by atoms with Crippen LogP contribution < -0.4 is 5.32 Å². The third kappa shape index (κ3) is 4.58. The highest BCUT2D eigenvalue weighted by Crippen LogP contribution is 2.14. The smallest absolute Gasteiger partial charge is 0.220 e. The van der Waals surface area contributed by atoms with Crippen LogP contribution in [0.2, 0.25) is 0 Å². The molecule has 14 heavy (non-hydrogen) atoms. The lowest BCUT2D eigenvalue weighted by Crippen LogP contribution is -2.26. The van der Waals surface area contributed by atoms with Crippen LogP contribution in [-0.2, 0) is 9.53 Å². The first kappa shape index (κ1) is 11.5. The minimum absolute atomic E-state index is 0.0250. The van der Waals surface area contributed by atoms with Gasteiger partial charge in [0, 0.05) is 26.2 Å². The average Bonchev–Trinajstić information content (AvgIpc) is 2.67. The standard InChI is InChI=1S/C10H19NO3/c12-7-1-4-10(13)11-6-5-9-3-2-8-14-9/h9,12H,1-8H2,(H,11,13). The van der Waals surface area contributed by atoms with Crippen LogP contribution in [0, 0.1) is 0 Å². The Morgan fingerprint density at radius 3 is 3.07 bits per heavy atom. The molecule has 1 unspecified atom stereocenters. The number of carbonyl (C=O) groups excluding carboxylic acids is 1. The summed E-state index contributed by atoms with van der Waals surface area (Å²) in [6.07, 6.45) is 4.47. The molecule has 1 rings (SSSR count). The number of nitrogens with one attached hydrogen (secondary N) is 1. The topological polar surface area (TPSA) is 58.6 Å². The molecule has 2 N–H and O–H groups in total. The van der Waals surface area contributed by atoms with E-state index in [0.717, 1.165) is 25.9 Å². The van der Waals surface area contributed by atoms with Crippen LogP contribution in [0.3, 0.4) is 0 Å². The zero-order valence-electron chi connectivity index (χ0n) is 8.50. The molecule has 0 aromatic rings. The minimum atomic E-state index is 0.0250. The molecule has 0 bridgehead atoms. The summed E-state index contributed by atoms with van der Waals surface area (Å²) in [6.45, 7) is 1.64. The van der Waals surface area contributed by atoms with E-state index in [1.54, 1.807) is 0 Å². The monoisotopic (exact) mass is 201 g/mol. The molecule has 1 aliphatic rings. The maximum absolute atomic E-state index is 11.1. The van der Waals surface area contributed by atoms with Crippen LogP contribution >= 0.6 is 0 Å². The van der Waals surface area contributed by atoms with Crippen molar-refractivity contribution in [2.24, 2.45) is 0 Å². The van der Waals surface area contributed by atoms with Gasteiger partial charge in [0.15, 0.2) is 0 Å². The Labute approximate surface area is 84.6 Å². The molecule has 1 aliphatic heterocycles. The molecule has 0 radical (unpaired) electrons. The van der Waals surface area contributed by atoms with Gasteiger partial charge >= 0.3 is 0 Å². The molecule has 0 aromatic heterocycles. The van der Waals surface area contributed by atoms with Crippen LogP contribution in [0.5, 0.6) is 0 Å². The first-order valence-electron chi connectivity index (χ1n) is 5.32. The van der Waals surface area contributed by atoms with Crippen molar-refractivity contribution in [2.75, 3.05) is 19.8 Å². The summed E-state index contributed by atoms with van der Waals surface area (Å²) in [6, 6.07) is 0. The van der Waals surface area contributed by atoms with Gasteiger partial charge in [0.05, 0.1) is 6.10 Å². The second kappa shape index (κ2) is 6.79. The molecular weight excluding hydrogens is 182 g/mol. The molecule has 1 fully saturated rings. The minimum Gasteiger partial charge on any atom is -0.396 e. The van der Waals surface area contributed by atoms with Crippen LogP contribution in [0.1, 0.15) is 32.1 Å². The summed E-state index contributed by atoms with van der Waals surface area (Å²) < 4.78 is 5.42. The summed E-state index contributed by atoms with van der Waals surface area (Å²) in [7, 11) is 0. The van der Waals surface area contributed by atoms with Gasteiger partial charge in [-0.2, -0.15) is 0 Å². The lowest BCUT2D eigenvalue weighted by molar-refractivity contribution is -0.121. The first-order valence-corrected chi connectivity index (χ1v) is 5.32. The summed E-state index contributed by atoms with van der Waals surface area (Å²) in [5.74, 6) is 0.0250. The Morgan fingerprint density at radius 1 is 1.57 bits per heavy atom. The number of ether oxygens (including phenoxy) is 1. The van der Waals surface area contributed by atoms with E-state index >= 15 is 0 Å². The molecule has 0 aromatic carbocycles. The van der Waals surface area contributed by atoms with Crippen LogP contribution in [-0.4, -0.2) is 36.9 Å². The van der Waals surface area contributed by atoms with Crippen molar-refractivity contribution >= 4 is 5.91 Å². The first-order chi connectivity index (χ1) is 6.83. The van der Waals surface area contributed by atoms with E-state index in [2.05, 4.69) is 5.32 Å². The Bertz CT molecular complexity index is 167. The van der Waals surface area contributed by atoms with Crippen molar-refractivity contribution in [3.63, 3.8) is 0 Å². The zero-order chi connectivity index (χ0) is 10.2. The van der Waals surface area contributed by atoms with Gasteiger partial charge in [0.1, 0.15) is 0 Å². The summed E-state index contributed by atoms with van der Waals surface area (Å²) in [5.41, 5.74) is 0. The Morgan fingerprint density at radius 2 is 2.43 bits per heavy atom. The largest absolute Gasteiger partial charge is 0.396 e. The van der Waals surface area contributed by atoms with E-state index in [4.69, 9.17) is 9.84 Å². The molecule has 1 heterocycles. The Balaban J connectivity index is 1.94. The Kier molecular flexibility index (Phi) is 5.56. The molecule has 0 spiro atoms. The van der Waals surface area contributed by atoms with Crippen molar-refractivity contribution in [2.45, 2.75) is 38.2 Å². The van der Waals surface area contributed by atoms with Crippen LogP contribution in [0.4, 0.5) is 0 Å². The maximum atomic E-state index is 11.1. The number of amides is 1. The fraction of sp³-hybridized carbons (Fsp3) is 0.900. The van der Waals surface area contributed by atoms with Crippen molar-refractivity contribution in [3.8, 4) is 0 Å². The van der Waals surface area contributed by atoms with E-state index in [1.807, 2.05) is 0 Å². The summed E-state index contributed by atoms with van der Waals surface area (Å²) in [4.78, 5) is 11.1. The number of carbonyl (C=O) groups is 1. The van der Waals surface area contributed by atoms with Gasteiger partial charge < -0.3 is 15.2 Å². The normalized spacial score (nSPS) is 21.1. The van der Waals surface area contributed by atoms with Gasteiger partial charge in [0.2, 0.25) is 5.91 Å². The maximum Gasteiger partial charge on any atom is 0.220 e. The zero-order valence-corrected chi connectivity index (χ0v) is 8.50. The van der Waals surface area contributed by atoms with E-state index in [-0.39, 0.29) is 12.5 Å². The SMILES string of the molecule is O=C(CCCO)NCCC1CCCO1. The second-order valence-electron chi connectivity index (χ2n) is 3.60. The van der Waals surface area contributed by atoms with E-state index in [9.17, 15) is 4.79 Å². The van der Waals surface area contributed by atoms with Crippen molar-refractivity contribution in [3.05, 3.63) is 0 Å². The fourth-order valence-electron chi connectivity index (χ4n) is 1.57. The number of rotatable bonds is 6. The quantitative estimate of drug-likeness (QED) is 0.655. The highest BCUT2D eigenvalue weighted by atomic mass is 16.5. The molecule has 1 saturated heterocycles. The summed E-state index contributed by atoms with van der Waals surface area (Å²) >= 11 is 0. The van der Waals surface area contributed by atoms with E-state index in [0.29, 0.717) is 25.5 Å². The van der Waals surface area contributed by atoms with Crippen LogP contribution in [0.25, 0.3) is 0 Å². The molecule has 0 aliphatic carbocycles. The third-order valence-electron chi connectivity index (χ3n) is 2.37. The van der Waals surface area contributed by atoms with Crippen molar-refractivity contribution < 1.29 is 14.6 Å². The number of hydrogen-bond acceptors (Lipinski definition) is 3. The molecule has 1 atom stereocenters. The van der Waals surface area contributed by atoms with Gasteiger partial charge in [0.25, 0.3) is 0 Å². The predicted molar refractivity (Wildman–Crippen MR) is 52.9 cm³/mol. The highest BCUT2D eigenvalue weighted by molar-refractivity contribution is 5.75. The van der Waals surface area contributed by atoms with Gasteiger partial charge in [-0.25, -0.2) is 0 Å². The van der Waals surface area contributed by atoms with Gasteiger partial charge in [-0.3, -0.25) is 4.79 Å². The summed E-state index contributed by atoms with van der Waals surface area (Å²) in [5, 5.41) is 11.3. The van der Waals surface area contributed by atoms with Gasteiger partial charge in [-0.1, -0.05) is 0 Å². The molecule has 4 nitrogen and oxygen atoms in total. The predicted octanol–water partition coefficient (Wildman–Crippen LogP) is 0.444. The van der Waals surface area contributed by atoms with Gasteiger partial charge in [-0.15, -0.1) is 0 Å². The Hall–Kier alpha value is -0.610. The average molecular weight is 201 g/mol. The molecule has 1 amide bonds. The lowest BCUT2D eigenvalue weighted by Gasteiger charge is -2.09. The molecule has 82 valence electrons. The van der Waals surface area contributed by atoms with Gasteiger partial charge in [-0.05, 0) is 25.7 Å². The number of aliphatic hydroxyl groups excluding tert-OH is 1. The molecule has 0 saturated carbocycles. The number of hydrogen-bond donors (Lipinski definition) is 2. The third-order valence-corrected chi connectivity index (χ3v) is 2.37. The second-order valence-corrected chi connectivity index (χ2v) is 3.60. The van der Waals surface area contributed by atoms with E-state index in [1.165, 1.54) is 0 Å². The van der Waals surface area contributed by atoms with E-state index < -0.39 is 0 Å². The van der Waals surface area contributed by atoms with Crippen molar-refractivity contribution in [1.29, 1.82) is 0 Å². The fourth-order valence-corrected chi connectivity index (χ4v) is 1.57. The van der Waals surface area contributed by atoms with Crippen molar-refractivity contribution in [1.82, 2.24) is 5.32 Å². The number of aliphatic hydroxyl groups is 1. The molecule has 4 heteroatoms. The lowest BCUT2D eigenvalue weighted by atomic mass is 10.2. The molecular formula is C10H19NO3. The van der Waals surface area contributed by atoms with Crippen LogP contribution in [0.15, 0.2) is 0 Å². The highest BCUT2D eigenvalue weighted by Gasteiger charge is 2.14.